The predicted molar refractivity (Wildman–Crippen MR) is 123 cm³/mol. The van der Waals surface area contributed by atoms with Gasteiger partial charge in [0.25, 0.3) is 0 Å². The zero-order valence-corrected chi connectivity index (χ0v) is 20.5. The number of hydrogen-bond acceptors (Lipinski definition) is 8. The number of benzene rings is 1. The van der Waals surface area contributed by atoms with Crippen molar-refractivity contribution in [3.8, 4) is 11.3 Å². The third-order valence-electron chi connectivity index (χ3n) is 7.65. The Labute approximate surface area is 211 Å². The number of aromatic nitrogens is 4. The first-order chi connectivity index (χ1) is 17.8. The van der Waals surface area contributed by atoms with E-state index >= 15 is 0 Å². The molecule has 1 aliphatic carbocycles. The molecule has 1 saturated heterocycles. The van der Waals surface area contributed by atoms with E-state index in [0.29, 0.717) is 5.76 Å². The minimum Gasteiger partial charge on any atom is -0.394 e. The van der Waals surface area contributed by atoms with Gasteiger partial charge in [0.2, 0.25) is 0 Å². The van der Waals surface area contributed by atoms with Crippen molar-refractivity contribution in [3.63, 3.8) is 0 Å². The van der Waals surface area contributed by atoms with Crippen LogP contribution in [-0.2, 0) is 21.3 Å². The zero-order valence-electron chi connectivity index (χ0n) is 20.5. The van der Waals surface area contributed by atoms with Crippen molar-refractivity contribution in [3.05, 3.63) is 53.3 Å². The fraction of sp³-hybridized carbons (Fsp3) is 0.560. The summed E-state index contributed by atoms with van der Waals surface area (Å²) in [4.78, 5) is 0. The molecule has 2 fully saturated rings. The van der Waals surface area contributed by atoms with Gasteiger partial charge in [0.1, 0.15) is 35.8 Å². The molecular formula is C25H29F3N4O5. The van der Waals surface area contributed by atoms with Gasteiger partial charge < -0.3 is 24.2 Å². The van der Waals surface area contributed by atoms with Crippen molar-refractivity contribution in [2.75, 3.05) is 13.7 Å². The van der Waals surface area contributed by atoms with Crippen LogP contribution in [0.4, 0.5) is 13.2 Å². The second-order valence-electron chi connectivity index (χ2n) is 10.0. The second-order valence-corrected chi connectivity index (χ2v) is 10.0. The Bertz CT molecular complexity index is 1240. The summed E-state index contributed by atoms with van der Waals surface area (Å²) in [6.45, 7) is 1.69. The molecule has 3 heterocycles. The lowest BCUT2D eigenvalue weighted by molar-refractivity contribution is -0.212. The first kappa shape index (κ1) is 25.8. The summed E-state index contributed by atoms with van der Waals surface area (Å²) in [5.74, 6) is -3.76. The van der Waals surface area contributed by atoms with Gasteiger partial charge in [-0.2, -0.15) is 0 Å². The summed E-state index contributed by atoms with van der Waals surface area (Å²) in [6.07, 6.45) is 2.21. The molecule has 3 aromatic rings. The van der Waals surface area contributed by atoms with Gasteiger partial charge in [0.15, 0.2) is 17.5 Å². The lowest BCUT2D eigenvalue weighted by Gasteiger charge is -2.43. The number of hydrogen-bond donors (Lipinski definition) is 2. The average Bonchev–Trinajstić information content (AvgIpc) is 3.65. The van der Waals surface area contributed by atoms with Crippen molar-refractivity contribution >= 4 is 0 Å². The van der Waals surface area contributed by atoms with Crippen LogP contribution in [0.5, 0.6) is 0 Å². The smallest absolute Gasteiger partial charge is 0.195 e. The van der Waals surface area contributed by atoms with Crippen LogP contribution in [-0.4, -0.2) is 68.5 Å². The molecule has 1 aromatic carbocycles. The highest BCUT2D eigenvalue weighted by atomic mass is 19.2. The minimum absolute atomic E-state index is 0.0333. The molecule has 0 bridgehead atoms. The van der Waals surface area contributed by atoms with Crippen molar-refractivity contribution in [1.29, 1.82) is 0 Å². The largest absolute Gasteiger partial charge is 0.394 e. The van der Waals surface area contributed by atoms with E-state index in [0.717, 1.165) is 43.5 Å². The van der Waals surface area contributed by atoms with Gasteiger partial charge in [0.05, 0.1) is 24.6 Å². The van der Waals surface area contributed by atoms with Crippen LogP contribution >= 0.6 is 0 Å². The van der Waals surface area contributed by atoms with Crippen LogP contribution in [0.2, 0.25) is 0 Å². The van der Waals surface area contributed by atoms with Crippen LogP contribution < -0.4 is 0 Å². The molecule has 5 atom stereocenters. The third kappa shape index (κ3) is 4.67. The molecular weight excluding hydrogens is 493 g/mol. The standard InChI is InChI=1S/C25H29F3N4O5/c1-25(7-3-4-8-25)19-10-13(37-30-19)9-17-24(35-2)22(23(34)18(12-33)36-17)32-11-16(29-31-32)14-5-6-15(26)21(28)20(14)27/h5-6,10-11,17-18,22-24,33-34H,3-4,7-9,12H2,1-2H3/t17-,18-,22+,23+,24+/m1/s1. The lowest BCUT2D eigenvalue weighted by Crippen LogP contribution is -2.57. The lowest BCUT2D eigenvalue weighted by atomic mass is 9.85. The maximum absolute atomic E-state index is 14.3. The van der Waals surface area contributed by atoms with E-state index < -0.39 is 54.5 Å². The van der Waals surface area contributed by atoms with Crippen LogP contribution in [0.15, 0.2) is 28.9 Å². The SMILES string of the molecule is CO[C@@H]1[C@@H](n2cc(-c3ccc(F)c(F)c3F)nn2)[C@@H](O)[C@@H](CO)O[C@@H]1Cc1cc(C2(C)CCCC2)no1. The number of ether oxygens (including phenoxy) is 2. The summed E-state index contributed by atoms with van der Waals surface area (Å²) in [6, 6.07) is 2.87. The molecule has 0 amide bonds. The first-order valence-corrected chi connectivity index (χ1v) is 12.2. The number of nitrogens with zero attached hydrogens (tertiary/aromatic N) is 4. The third-order valence-corrected chi connectivity index (χ3v) is 7.65. The quantitative estimate of drug-likeness (QED) is 0.455. The minimum atomic E-state index is -1.62. The number of aliphatic hydroxyl groups excluding tert-OH is 2. The Morgan fingerprint density at radius 1 is 1.16 bits per heavy atom. The van der Waals surface area contributed by atoms with E-state index in [4.69, 9.17) is 14.0 Å². The van der Waals surface area contributed by atoms with E-state index in [9.17, 15) is 23.4 Å². The molecule has 2 N–H and O–H groups in total. The number of rotatable bonds is 7. The molecule has 1 aliphatic heterocycles. The van der Waals surface area contributed by atoms with E-state index in [1.54, 1.807) is 0 Å². The second kappa shape index (κ2) is 10.2. The Kier molecular flexibility index (Phi) is 7.10. The maximum atomic E-state index is 14.3. The van der Waals surface area contributed by atoms with Gasteiger partial charge in [-0.25, -0.2) is 17.9 Å². The summed E-state index contributed by atoms with van der Waals surface area (Å²) in [7, 11) is 1.44. The predicted octanol–water partition coefficient (Wildman–Crippen LogP) is 3.10. The monoisotopic (exact) mass is 522 g/mol. The van der Waals surface area contributed by atoms with Crippen molar-refractivity contribution in [1.82, 2.24) is 20.2 Å². The van der Waals surface area contributed by atoms with Crippen molar-refractivity contribution in [2.24, 2.45) is 0 Å². The molecule has 12 heteroatoms. The van der Waals surface area contributed by atoms with Gasteiger partial charge in [-0.3, -0.25) is 0 Å². The number of aliphatic hydroxyl groups is 2. The summed E-state index contributed by atoms with van der Waals surface area (Å²) in [5, 5.41) is 33.1. The fourth-order valence-electron chi connectivity index (χ4n) is 5.50. The first-order valence-electron chi connectivity index (χ1n) is 12.2. The van der Waals surface area contributed by atoms with E-state index in [2.05, 4.69) is 22.4 Å². The Hall–Kier alpha value is -2.80. The van der Waals surface area contributed by atoms with Gasteiger partial charge >= 0.3 is 0 Å². The Balaban J connectivity index is 1.43. The molecule has 5 rings (SSSR count). The number of methoxy groups -OCH3 is 1. The molecule has 37 heavy (non-hydrogen) atoms. The van der Waals surface area contributed by atoms with Gasteiger partial charge in [0, 0.05) is 30.6 Å². The highest BCUT2D eigenvalue weighted by molar-refractivity contribution is 5.58. The highest BCUT2D eigenvalue weighted by Crippen LogP contribution is 2.41. The molecule has 2 aromatic heterocycles. The van der Waals surface area contributed by atoms with E-state index in [1.165, 1.54) is 18.0 Å². The molecule has 2 aliphatic rings. The van der Waals surface area contributed by atoms with Crippen molar-refractivity contribution < 1.29 is 37.4 Å². The van der Waals surface area contributed by atoms with Crippen LogP contribution in [0, 0.1) is 17.5 Å². The van der Waals surface area contributed by atoms with Crippen molar-refractivity contribution in [2.45, 2.75) is 74.9 Å². The molecule has 0 unspecified atom stereocenters. The molecule has 0 radical (unpaired) electrons. The Morgan fingerprint density at radius 2 is 1.92 bits per heavy atom. The summed E-state index contributed by atoms with van der Waals surface area (Å²) < 4.78 is 60.1. The molecule has 200 valence electrons. The van der Waals surface area contributed by atoms with Crippen LogP contribution in [0.1, 0.15) is 50.1 Å². The number of halogens is 3. The van der Waals surface area contributed by atoms with E-state index in [-0.39, 0.29) is 23.1 Å². The summed E-state index contributed by atoms with van der Waals surface area (Å²) in [5.41, 5.74) is 0.501. The molecule has 1 saturated carbocycles. The topological polar surface area (TPSA) is 116 Å². The summed E-state index contributed by atoms with van der Waals surface area (Å²) >= 11 is 0. The fourth-order valence-corrected chi connectivity index (χ4v) is 5.50. The normalized spacial score (nSPS) is 27.6. The highest BCUT2D eigenvalue weighted by Gasteiger charge is 2.47. The molecule has 9 nitrogen and oxygen atoms in total. The van der Waals surface area contributed by atoms with Gasteiger partial charge in [-0.15, -0.1) is 5.10 Å². The van der Waals surface area contributed by atoms with Crippen LogP contribution in [0.25, 0.3) is 11.3 Å². The maximum Gasteiger partial charge on any atom is 0.195 e. The Morgan fingerprint density at radius 3 is 2.62 bits per heavy atom. The zero-order chi connectivity index (χ0) is 26.3. The molecule has 0 spiro atoms. The van der Waals surface area contributed by atoms with Gasteiger partial charge in [-0.1, -0.05) is 30.1 Å². The van der Waals surface area contributed by atoms with E-state index in [1.807, 2.05) is 6.07 Å². The van der Waals surface area contributed by atoms with Gasteiger partial charge in [-0.05, 0) is 25.0 Å². The average molecular weight is 523 g/mol. The van der Waals surface area contributed by atoms with Crippen LogP contribution in [0.3, 0.4) is 0 Å².